The second kappa shape index (κ2) is 9.98. The molecule has 3 rings (SSSR count). The number of nitrogens with one attached hydrogen (secondary N) is 3. The highest BCUT2D eigenvalue weighted by molar-refractivity contribution is 7.92. The topological polar surface area (TPSA) is 123 Å². The van der Waals surface area contributed by atoms with Gasteiger partial charge < -0.3 is 19.8 Å². The summed E-state index contributed by atoms with van der Waals surface area (Å²) in [5.41, 5.74) is 2.38. The first-order valence-electron chi connectivity index (χ1n) is 9.63. The van der Waals surface area contributed by atoms with Crippen LogP contribution in [0.1, 0.15) is 12.6 Å². The molecule has 0 atom stereocenters. The molecule has 1 aromatic heterocycles. The van der Waals surface area contributed by atoms with Gasteiger partial charge in [-0.15, -0.1) is 0 Å². The summed E-state index contributed by atoms with van der Waals surface area (Å²) in [6, 6.07) is 13.8. The predicted octanol–water partition coefficient (Wildman–Crippen LogP) is 3.48. The monoisotopic (exact) mass is 444 g/mol. The number of benzene rings is 2. The zero-order chi connectivity index (χ0) is 22.3. The first-order valence-corrected chi connectivity index (χ1v) is 11.3. The molecule has 0 fully saturated rings. The van der Waals surface area contributed by atoms with Crippen LogP contribution in [0.2, 0.25) is 0 Å². The highest BCUT2D eigenvalue weighted by atomic mass is 32.2. The maximum absolute atomic E-state index is 12.2. The molecule has 3 aromatic rings. The summed E-state index contributed by atoms with van der Waals surface area (Å²) in [4.78, 5) is 16.6. The molecule has 0 aliphatic rings. The Bertz CT molecular complexity index is 1130. The summed E-state index contributed by atoms with van der Waals surface area (Å²) in [6.45, 7) is 1.90. The van der Waals surface area contributed by atoms with Gasteiger partial charge in [-0.1, -0.05) is 18.2 Å². The number of methoxy groups -OCH3 is 1. The van der Waals surface area contributed by atoms with Crippen molar-refractivity contribution in [1.29, 1.82) is 0 Å². The molecule has 31 heavy (non-hydrogen) atoms. The number of carbonyl (C=O) groups excluding carboxylic acids is 1. The third kappa shape index (κ3) is 6.22. The maximum atomic E-state index is 12.2. The lowest BCUT2D eigenvalue weighted by Gasteiger charge is -2.13. The van der Waals surface area contributed by atoms with Crippen LogP contribution in [-0.2, 0) is 16.4 Å². The molecule has 0 aliphatic heterocycles. The fourth-order valence-corrected chi connectivity index (χ4v) is 3.36. The molecule has 0 aliphatic carbocycles. The Balaban J connectivity index is 1.52. The zero-order valence-corrected chi connectivity index (χ0v) is 18.0. The van der Waals surface area contributed by atoms with Crippen LogP contribution in [0.3, 0.4) is 0 Å². The van der Waals surface area contributed by atoms with E-state index in [0.29, 0.717) is 36.0 Å². The third-order valence-electron chi connectivity index (χ3n) is 4.34. The Labute approximate surface area is 180 Å². The maximum Gasteiger partial charge on any atom is 0.319 e. The molecule has 0 radical (unpaired) electrons. The second-order valence-corrected chi connectivity index (χ2v) is 8.57. The minimum absolute atomic E-state index is 0.0586. The van der Waals surface area contributed by atoms with Crippen LogP contribution in [0, 0.1) is 0 Å². The predicted molar refractivity (Wildman–Crippen MR) is 119 cm³/mol. The van der Waals surface area contributed by atoms with E-state index in [-0.39, 0.29) is 5.75 Å². The van der Waals surface area contributed by atoms with E-state index in [4.69, 9.17) is 9.15 Å². The average Bonchev–Trinajstić information content (AvgIpc) is 3.24. The van der Waals surface area contributed by atoms with Gasteiger partial charge in [0.05, 0.1) is 24.2 Å². The number of hydrogen-bond donors (Lipinski definition) is 3. The third-order valence-corrected chi connectivity index (χ3v) is 5.64. The minimum atomic E-state index is -3.44. The van der Waals surface area contributed by atoms with Crippen molar-refractivity contribution >= 4 is 27.4 Å². The van der Waals surface area contributed by atoms with Crippen LogP contribution in [0.25, 0.3) is 11.5 Å². The molecule has 1 heterocycles. The Morgan fingerprint density at radius 1 is 1.16 bits per heavy atom. The van der Waals surface area contributed by atoms with Gasteiger partial charge in [-0.3, -0.25) is 4.72 Å². The van der Waals surface area contributed by atoms with E-state index >= 15 is 0 Å². The number of amides is 2. The van der Waals surface area contributed by atoms with Gasteiger partial charge in [0.15, 0.2) is 0 Å². The molecule has 2 aromatic carbocycles. The summed E-state index contributed by atoms with van der Waals surface area (Å²) in [7, 11) is -2.02. The van der Waals surface area contributed by atoms with E-state index in [9.17, 15) is 13.2 Å². The summed E-state index contributed by atoms with van der Waals surface area (Å²) < 4.78 is 36.7. The Hall–Kier alpha value is -3.53. The second-order valence-electron chi connectivity index (χ2n) is 6.56. The SMILES string of the molecule is CCS(=O)(=O)Nc1ccc(NC(=O)NCCc2coc(-c3ccccc3)n2)cc1OC. The van der Waals surface area contributed by atoms with E-state index in [1.54, 1.807) is 12.3 Å². The molecule has 3 N–H and O–H groups in total. The Morgan fingerprint density at radius 2 is 1.94 bits per heavy atom. The van der Waals surface area contributed by atoms with Crippen LogP contribution in [0.15, 0.2) is 59.2 Å². The Kier molecular flexibility index (Phi) is 7.14. The summed E-state index contributed by atoms with van der Waals surface area (Å²) in [6.07, 6.45) is 2.08. The molecule has 0 saturated heterocycles. The van der Waals surface area contributed by atoms with E-state index in [1.807, 2.05) is 30.3 Å². The van der Waals surface area contributed by atoms with Crippen molar-refractivity contribution in [3.05, 3.63) is 60.5 Å². The van der Waals surface area contributed by atoms with Gasteiger partial charge in [0.1, 0.15) is 12.0 Å². The largest absolute Gasteiger partial charge is 0.494 e. The molecule has 0 bridgehead atoms. The first kappa shape index (κ1) is 22.2. The quantitative estimate of drug-likeness (QED) is 0.464. The highest BCUT2D eigenvalue weighted by Gasteiger charge is 2.13. The zero-order valence-electron chi connectivity index (χ0n) is 17.2. The normalized spacial score (nSPS) is 11.0. The molecule has 0 spiro atoms. The fraction of sp³-hybridized carbons (Fsp3) is 0.238. The molecular formula is C21H24N4O5S. The lowest BCUT2D eigenvalue weighted by Crippen LogP contribution is -2.30. The number of rotatable bonds is 9. The van der Waals surface area contributed by atoms with Crippen molar-refractivity contribution in [2.24, 2.45) is 0 Å². The number of oxazole rings is 1. The fourth-order valence-electron chi connectivity index (χ4n) is 2.71. The van der Waals surface area contributed by atoms with Crippen molar-refractivity contribution in [2.75, 3.05) is 29.4 Å². The van der Waals surface area contributed by atoms with Gasteiger partial charge in [0.2, 0.25) is 15.9 Å². The van der Waals surface area contributed by atoms with Crippen molar-refractivity contribution in [2.45, 2.75) is 13.3 Å². The number of nitrogens with zero attached hydrogens (tertiary/aromatic N) is 1. The van der Waals surface area contributed by atoms with Gasteiger partial charge in [-0.25, -0.2) is 18.2 Å². The van der Waals surface area contributed by atoms with Crippen LogP contribution in [0.5, 0.6) is 5.75 Å². The lowest BCUT2D eigenvalue weighted by atomic mass is 10.2. The van der Waals surface area contributed by atoms with E-state index in [0.717, 1.165) is 11.3 Å². The Morgan fingerprint density at radius 3 is 2.65 bits per heavy atom. The number of aromatic nitrogens is 1. The van der Waals surface area contributed by atoms with E-state index in [1.165, 1.54) is 26.2 Å². The summed E-state index contributed by atoms with van der Waals surface area (Å²) in [5.74, 6) is 0.772. The lowest BCUT2D eigenvalue weighted by molar-refractivity contribution is 0.252. The van der Waals surface area contributed by atoms with Gasteiger partial charge in [0, 0.05) is 30.3 Å². The minimum Gasteiger partial charge on any atom is -0.494 e. The van der Waals surface area contributed by atoms with E-state index in [2.05, 4.69) is 20.3 Å². The number of anilines is 2. The summed E-state index contributed by atoms with van der Waals surface area (Å²) in [5, 5.41) is 5.43. The van der Waals surface area contributed by atoms with Gasteiger partial charge in [-0.05, 0) is 31.2 Å². The smallest absolute Gasteiger partial charge is 0.319 e. The van der Waals surface area contributed by atoms with Crippen molar-refractivity contribution < 1.29 is 22.4 Å². The van der Waals surface area contributed by atoms with Crippen molar-refractivity contribution in [3.63, 3.8) is 0 Å². The van der Waals surface area contributed by atoms with Gasteiger partial charge >= 0.3 is 6.03 Å². The number of sulfonamides is 1. The molecule has 2 amide bonds. The molecule has 9 nitrogen and oxygen atoms in total. The standard InChI is InChI=1S/C21H24N4O5S/c1-3-31(27,28)25-18-10-9-16(13-19(18)29-2)24-21(26)22-12-11-17-14-30-20(23-17)15-7-5-4-6-8-15/h4-10,13-14,25H,3,11-12H2,1-2H3,(H2,22,24,26). The molecular weight excluding hydrogens is 420 g/mol. The van der Waals surface area contributed by atoms with Gasteiger partial charge in [-0.2, -0.15) is 0 Å². The average molecular weight is 445 g/mol. The summed E-state index contributed by atoms with van der Waals surface area (Å²) >= 11 is 0. The molecule has 0 saturated carbocycles. The number of ether oxygens (including phenoxy) is 1. The number of carbonyl (C=O) groups is 1. The number of urea groups is 1. The van der Waals surface area contributed by atoms with Gasteiger partial charge in [0.25, 0.3) is 0 Å². The first-order chi connectivity index (χ1) is 14.9. The van der Waals surface area contributed by atoms with Crippen LogP contribution >= 0.6 is 0 Å². The van der Waals surface area contributed by atoms with E-state index < -0.39 is 16.1 Å². The molecule has 164 valence electrons. The van der Waals surface area contributed by atoms with Crippen LogP contribution in [-0.4, -0.2) is 38.8 Å². The molecule has 0 unspecified atom stereocenters. The van der Waals surface area contributed by atoms with Crippen molar-refractivity contribution in [3.8, 4) is 17.2 Å². The van der Waals surface area contributed by atoms with Crippen molar-refractivity contribution in [1.82, 2.24) is 10.3 Å². The highest BCUT2D eigenvalue weighted by Crippen LogP contribution is 2.28. The molecule has 10 heteroatoms. The van der Waals surface area contributed by atoms with Crippen LogP contribution in [0.4, 0.5) is 16.2 Å². The van der Waals surface area contributed by atoms with Crippen LogP contribution < -0.4 is 20.1 Å². The number of hydrogen-bond acceptors (Lipinski definition) is 6.